The Hall–Kier alpha value is -2.17. The van der Waals surface area contributed by atoms with Crippen LogP contribution in [0, 0.1) is 0 Å². The summed E-state index contributed by atoms with van der Waals surface area (Å²) in [4.78, 5) is 11.9. The minimum absolute atomic E-state index is 0.422. The van der Waals surface area contributed by atoms with E-state index in [1.807, 2.05) is 0 Å². The number of nitrogens with zero attached hydrogens (tertiary/aromatic N) is 3. The van der Waals surface area contributed by atoms with E-state index < -0.39 is 0 Å². The van der Waals surface area contributed by atoms with E-state index in [0.29, 0.717) is 22.9 Å². The van der Waals surface area contributed by atoms with Gasteiger partial charge in [-0.05, 0) is 12.1 Å². The molecule has 0 aliphatic carbocycles. The van der Waals surface area contributed by atoms with E-state index in [1.54, 1.807) is 24.6 Å². The maximum Gasteiger partial charge on any atom is 0.265 e. The third-order valence-electron chi connectivity index (χ3n) is 1.80. The Morgan fingerprint density at radius 1 is 1.29 bits per heavy atom. The monoisotopic (exact) mass is 187 g/mol. The van der Waals surface area contributed by atoms with Gasteiger partial charge in [-0.25, -0.2) is 9.97 Å². The molecule has 3 rings (SSSR count). The van der Waals surface area contributed by atoms with E-state index in [4.69, 9.17) is 8.83 Å². The molecule has 0 aromatic carbocycles. The largest absolute Gasteiger partial charge is 0.459 e. The van der Waals surface area contributed by atoms with Crippen LogP contribution in [0.1, 0.15) is 0 Å². The molecule has 0 bridgehead atoms. The van der Waals surface area contributed by atoms with Crippen molar-refractivity contribution in [2.45, 2.75) is 0 Å². The van der Waals surface area contributed by atoms with Gasteiger partial charge in [-0.2, -0.15) is 4.98 Å². The van der Waals surface area contributed by atoms with Crippen molar-refractivity contribution in [3.05, 3.63) is 30.9 Å². The number of hydrogen-bond donors (Lipinski definition) is 0. The fraction of sp³-hybridized carbons (Fsp3) is 0. The van der Waals surface area contributed by atoms with Gasteiger partial charge in [-0.15, -0.1) is 0 Å². The molecule has 3 aromatic rings. The predicted molar refractivity (Wildman–Crippen MR) is 47.3 cm³/mol. The van der Waals surface area contributed by atoms with Gasteiger partial charge in [0.25, 0.3) is 11.6 Å². The molecule has 0 saturated heterocycles. The smallest absolute Gasteiger partial charge is 0.265 e. The van der Waals surface area contributed by atoms with Crippen LogP contribution < -0.4 is 0 Å². The zero-order valence-corrected chi connectivity index (χ0v) is 7.04. The molecule has 0 fully saturated rings. The summed E-state index contributed by atoms with van der Waals surface area (Å²) in [7, 11) is 0. The van der Waals surface area contributed by atoms with Crippen molar-refractivity contribution < 1.29 is 8.83 Å². The molecule has 14 heavy (non-hydrogen) atoms. The molecule has 5 nitrogen and oxygen atoms in total. The van der Waals surface area contributed by atoms with Gasteiger partial charge >= 0.3 is 0 Å². The Morgan fingerprint density at radius 2 is 2.29 bits per heavy atom. The van der Waals surface area contributed by atoms with Crippen LogP contribution in [0.15, 0.2) is 39.8 Å². The van der Waals surface area contributed by atoms with Crippen molar-refractivity contribution in [1.82, 2.24) is 15.0 Å². The van der Waals surface area contributed by atoms with Crippen molar-refractivity contribution in [2.75, 3.05) is 0 Å². The summed E-state index contributed by atoms with van der Waals surface area (Å²) in [6.07, 6.45) is 4.58. The molecule has 0 spiro atoms. The topological polar surface area (TPSA) is 65.0 Å². The lowest BCUT2D eigenvalue weighted by atomic mass is 10.4. The molecule has 0 N–H and O–H groups in total. The lowest BCUT2D eigenvalue weighted by Gasteiger charge is -1.83. The molecule has 0 aliphatic heterocycles. The summed E-state index contributed by atoms with van der Waals surface area (Å²) in [6, 6.07) is 3.55. The summed E-state index contributed by atoms with van der Waals surface area (Å²) in [5.74, 6) is 1.01. The third-order valence-corrected chi connectivity index (χ3v) is 1.80. The van der Waals surface area contributed by atoms with E-state index in [1.165, 1.54) is 6.33 Å². The fourth-order valence-corrected chi connectivity index (χ4v) is 1.20. The van der Waals surface area contributed by atoms with Crippen molar-refractivity contribution in [2.24, 2.45) is 0 Å². The Bertz CT molecular complexity index is 523. The van der Waals surface area contributed by atoms with Crippen LogP contribution in [0.2, 0.25) is 0 Å². The highest BCUT2D eigenvalue weighted by atomic mass is 16.4. The first-order chi connectivity index (χ1) is 6.93. The Labute approximate surface area is 78.4 Å². The summed E-state index contributed by atoms with van der Waals surface area (Å²) >= 11 is 0. The molecule has 0 radical (unpaired) electrons. The van der Waals surface area contributed by atoms with E-state index >= 15 is 0 Å². The van der Waals surface area contributed by atoms with Crippen LogP contribution in [0.4, 0.5) is 0 Å². The molecule has 0 aliphatic rings. The minimum atomic E-state index is 0.422. The number of hydrogen-bond acceptors (Lipinski definition) is 5. The maximum atomic E-state index is 5.36. The van der Waals surface area contributed by atoms with Gasteiger partial charge in [0.15, 0.2) is 5.76 Å². The molecule has 0 atom stereocenters. The van der Waals surface area contributed by atoms with Crippen LogP contribution in [0.25, 0.3) is 22.9 Å². The third kappa shape index (κ3) is 0.990. The highest BCUT2D eigenvalue weighted by molar-refractivity contribution is 5.69. The molecule has 3 heterocycles. The first-order valence-corrected chi connectivity index (χ1v) is 4.04. The van der Waals surface area contributed by atoms with E-state index in [-0.39, 0.29) is 0 Å². The van der Waals surface area contributed by atoms with Crippen LogP contribution >= 0.6 is 0 Å². The summed E-state index contributed by atoms with van der Waals surface area (Å²) < 4.78 is 10.5. The zero-order chi connectivity index (χ0) is 9.38. The molecule has 5 heteroatoms. The van der Waals surface area contributed by atoms with Crippen molar-refractivity contribution in [1.29, 1.82) is 0 Å². The highest BCUT2D eigenvalue weighted by Gasteiger charge is 2.10. The maximum absolute atomic E-state index is 5.36. The lowest BCUT2D eigenvalue weighted by Crippen LogP contribution is -1.75. The van der Waals surface area contributed by atoms with E-state index in [9.17, 15) is 0 Å². The van der Waals surface area contributed by atoms with Gasteiger partial charge in [-0.1, -0.05) is 0 Å². The first kappa shape index (κ1) is 7.25. The standard InChI is InChI=1S/C9H5N3O2/c1-2-7(13-3-1)9-12-6-4-10-5-11-8(6)14-9/h1-5H. The number of aromatic nitrogens is 3. The normalized spacial score (nSPS) is 10.9. The summed E-state index contributed by atoms with van der Waals surface area (Å²) in [6.45, 7) is 0. The Morgan fingerprint density at radius 3 is 3.07 bits per heavy atom. The van der Waals surface area contributed by atoms with Crippen LogP contribution in [0.3, 0.4) is 0 Å². The highest BCUT2D eigenvalue weighted by Crippen LogP contribution is 2.22. The predicted octanol–water partition coefficient (Wildman–Crippen LogP) is 1.88. The average molecular weight is 187 g/mol. The van der Waals surface area contributed by atoms with Crippen molar-refractivity contribution in [3.63, 3.8) is 0 Å². The zero-order valence-electron chi connectivity index (χ0n) is 7.04. The molecule has 0 amide bonds. The van der Waals surface area contributed by atoms with Crippen molar-refractivity contribution >= 4 is 11.2 Å². The van der Waals surface area contributed by atoms with Crippen molar-refractivity contribution in [3.8, 4) is 11.7 Å². The number of fused-ring (bicyclic) bond motifs is 1. The second-order valence-electron chi connectivity index (χ2n) is 2.71. The van der Waals surface area contributed by atoms with Gasteiger partial charge in [-0.3, -0.25) is 0 Å². The van der Waals surface area contributed by atoms with Gasteiger partial charge in [0.05, 0.1) is 12.5 Å². The van der Waals surface area contributed by atoms with Crippen LogP contribution in [-0.2, 0) is 0 Å². The minimum Gasteiger partial charge on any atom is -0.459 e. The van der Waals surface area contributed by atoms with Gasteiger partial charge < -0.3 is 8.83 Å². The number of rotatable bonds is 1. The first-order valence-electron chi connectivity index (χ1n) is 4.04. The molecular formula is C9H5N3O2. The fourth-order valence-electron chi connectivity index (χ4n) is 1.20. The SMILES string of the molecule is c1coc(-c2nc3cncnc3o2)c1. The van der Waals surface area contributed by atoms with Crippen LogP contribution in [-0.4, -0.2) is 15.0 Å². The second kappa shape index (κ2) is 2.66. The Balaban J connectivity index is 2.24. The lowest BCUT2D eigenvalue weighted by molar-refractivity contribution is 0.531. The number of oxazole rings is 1. The molecular weight excluding hydrogens is 182 g/mol. The van der Waals surface area contributed by atoms with E-state index in [0.717, 1.165) is 0 Å². The summed E-state index contributed by atoms with van der Waals surface area (Å²) in [5, 5.41) is 0. The number of furan rings is 1. The van der Waals surface area contributed by atoms with E-state index in [2.05, 4.69) is 15.0 Å². The average Bonchev–Trinajstić information content (AvgIpc) is 2.86. The quantitative estimate of drug-likeness (QED) is 0.581. The summed E-state index contributed by atoms with van der Waals surface area (Å²) in [5.41, 5.74) is 1.09. The molecule has 68 valence electrons. The Kier molecular flexibility index (Phi) is 1.38. The van der Waals surface area contributed by atoms with Gasteiger partial charge in [0, 0.05) is 0 Å². The molecule has 0 unspecified atom stereocenters. The molecule has 0 saturated carbocycles. The van der Waals surface area contributed by atoms with Gasteiger partial charge in [0.2, 0.25) is 0 Å². The van der Waals surface area contributed by atoms with Crippen LogP contribution in [0.5, 0.6) is 0 Å². The second-order valence-corrected chi connectivity index (χ2v) is 2.71. The molecule has 3 aromatic heterocycles. The van der Waals surface area contributed by atoms with Gasteiger partial charge in [0.1, 0.15) is 11.8 Å².